The summed E-state index contributed by atoms with van der Waals surface area (Å²) in [7, 11) is 0. The summed E-state index contributed by atoms with van der Waals surface area (Å²) in [6.45, 7) is 5.62. The number of rotatable bonds is 6. The SMILES string of the molecule is CC(C)CC[C@]1(C)NC(=O)N(CC(=O)Nc2ccc3c(c2)OCO3)C1=O. The van der Waals surface area contributed by atoms with E-state index in [1.165, 1.54) is 0 Å². The van der Waals surface area contributed by atoms with Gasteiger partial charge in [-0.3, -0.25) is 14.5 Å². The summed E-state index contributed by atoms with van der Waals surface area (Å²) in [6, 6.07) is 4.46. The highest BCUT2D eigenvalue weighted by Gasteiger charge is 2.47. The first-order valence-electron chi connectivity index (χ1n) is 8.62. The lowest BCUT2D eigenvalue weighted by molar-refractivity contribution is -0.133. The van der Waals surface area contributed by atoms with Crippen LogP contribution in [0.1, 0.15) is 33.6 Å². The van der Waals surface area contributed by atoms with Gasteiger partial charge in [0.15, 0.2) is 11.5 Å². The van der Waals surface area contributed by atoms with Crippen molar-refractivity contribution in [2.75, 3.05) is 18.7 Å². The zero-order valence-corrected chi connectivity index (χ0v) is 15.1. The van der Waals surface area contributed by atoms with Gasteiger partial charge in [0.05, 0.1) is 0 Å². The fourth-order valence-corrected chi connectivity index (χ4v) is 2.96. The molecule has 3 rings (SSSR count). The van der Waals surface area contributed by atoms with Crippen molar-refractivity contribution in [1.82, 2.24) is 10.2 Å². The summed E-state index contributed by atoms with van der Waals surface area (Å²) in [5.41, 5.74) is -0.450. The Hall–Kier alpha value is -2.77. The van der Waals surface area contributed by atoms with Gasteiger partial charge in [0, 0.05) is 11.8 Å². The van der Waals surface area contributed by atoms with Crippen LogP contribution in [0.3, 0.4) is 0 Å². The number of urea groups is 1. The van der Waals surface area contributed by atoms with Crippen LogP contribution in [0.5, 0.6) is 11.5 Å². The Balaban J connectivity index is 1.62. The number of benzene rings is 1. The second-order valence-corrected chi connectivity index (χ2v) is 7.20. The predicted octanol–water partition coefficient (Wildman–Crippen LogP) is 2.10. The van der Waals surface area contributed by atoms with Gasteiger partial charge in [-0.05, 0) is 37.8 Å². The Morgan fingerprint density at radius 3 is 2.77 bits per heavy atom. The Morgan fingerprint density at radius 2 is 2.04 bits per heavy atom. The van der Waals surface area contributed by atoms with Gasteiger partial charge in [0.1, 0.15) is 12.1 Å². The second-order valence-electron chi connectivity index (χ2n) is 7.20. The van der Waals surface area contributed by atoms with E-state index in [0.29, 0.717) is 29.5 Å². The summed E-state index contributed by atoms with van der Waals surface area (Å²) in [4.78, 5) is 38.0. The molecule has 0 radical (unpaired) electrons. The van der Waals surface area contributed by atoms with E-state index in [1.807, 2.05) is 0 Å². The fourth-order valence-electron chi connectivity index (χ4n) is 2.96. The maximum Gasteiger partial charge on any atom is 0.325 e. The van der Waals surface area contributed by atoms with Crippen LogP contribution in [-0.4, -0.2) is 41.6 Å². The first-order chi connectivity index (χ1) is 12.3. The number of hydrogen-bond acceptors (Lipinski definition) is 5. The number of ether oxygens (including phenoxy) is 2. The first-order valence-corrected chi connectivity index (χ1v) is 8.62. The smallest absolute Gasteiger partial charge is 0.325 e. The first kappa shape index (κ1) is 18.0. The zero-order valence-electron chi connectivity index (χ0n) is 15.1. The molecule has 0 aromatic heterocycles. The third-order valence-corrected chi connectivity index (χ3v) is 4.52. The van der Waals surface area contributed by atoms with Crippen molar-refractivity contribution in [1.29, 1.82) is 0 Å². The minimum Gasteiger partial charge on any atom is -0.454 e. The van der Waals surface area contributed by atoms with E-state index in [-0.39, 0.29) is 19.2 Å². The molecule has 1 saturated heterocycles. The van der Waals surface area contributed by atoms with Crippen molar-refractivity contribution in [3.8, 4) is 11.5 Å². The van der Waals surface area contributed by atoms with Gasteiger partial charge in [-0.25, -0.2) is 4.79 Å². The Bertz CT molecular complexity index is 748. The van der Waals surface area contributed by atoms with E-state index in [4.69, 9.17) is 9.47 Å². The predicted molar refractivity (Wildman–Crippen MR) is 93.9 cm³/mol. The van der Waals surface area contributed by atoms with Crippen molar-refractivity contribution in [3.05, 3.63) is 18.2 Å². The van der Waals surface area contributed by atoms with Crippen LogP contribution < -0.4 is 20.1 Å². The maximum atomic E-state index is 12.6. The summed E-state index contributed by atoms with van der Waals surface area (Å²) in [6.07, 6.45) is 1.34. The van der Waals surface area contributed by atoms with Crippen LogP contribution in [0.2, 0.25) is 0 Å². The van der Waals surface area contributed by atoms with Crippen molar-refractivity contribution in [3.63, 3.8) is 0 Å². The number of amides is 4. The zero-order chi connectivity index (χ0) is 18.9. The minimum atomic E-state index is -0.958. The molecule has 8 heteroatoms. The lowest BCUT2D eigenvalue weighted by atomic mass is 9.92. The molecule has 4 amide bonds. The van der Waals surface area contributed by atoms with Crippen LogP contribution in [0.25, 0.3) is 0 Å². The van der Waals surface area contributed by atoms with E-state index in [1.54, 1.807) is 25.1 Å². The Kier molecular flexibility index (Phi) is 4.76. The molecule has 0 unspecified atom stereocenters. The van der Waals surface area contributed by atoms with Crippen LogP contribution >= 0.6 is 0 Å². The lowest BCUT2D eigenvalue weighted by Crippen LogP contribution is -2.44. The monoisotopic (exact) mass is 361 g/mol. The minimum absolute atomic E-state index is 0.143. The maximum absolute atomic E-state index is 12.6. The molecule has 26 heavy (non-hydrogen) atoms. The highest BCUT2D eigenvalue weighted by molar-refractivity contribution is 6.09. The molecule has 1 fully saturated rings. The molecule has 2 aliphatic heterocycles. The quantitative estimate of drug-likeness (QED) is 0.757. The molecule has 2 heterocycles. The van der Waals surface area contributed by atoms with Crippen molar-refractivity contribution in [2.45, 2.75) is 39.2 Å². The number of fused-ring (bicyclic) bond motifs is 1. The number of nitrogens with zero attached hydrogens (tertiary/aromatic N) is 1. The van der Waals surface area contributed by atoms with Gasteiger partial charge in [-0.2, -0.15) is 0 Å². The normalized spacial score (nSPS) is 21.3. The number of carbonyl (C=O) groups is 3. The molecular weight excluding hydrogens is 338 g/mol. The molecule has 2 N–H and O–H groups in total. The number of carbonyl (C=O) groups excluding carboxylic acids is 3. The molecule has 2 aliphatic rings. The summed E-state index contributed by atoms with van der Waals surface area (Å²) >= 11 is 0. The number of anilines is 1. The molecule has 1 aromatic rings. The third-order valence-electron chi connectivity index (χ3n) is 4.52. The fraction of sp³-hybridized carbons (Fsp3) is 0.500. The van der Waals surface area contributed by atoms with E-state index >= 15 is 0 Å². The molecule has 8 nitrogen and oxygen atoms in total. The molecule has 1 atom stereocenters. The lowest BCUT2D eigenvalue weighted by Gasteiger charge is -2.22. The molecule has 0 bridgehead atoms. The van der Waals surface area contributed by atoms with E-state index in [2.05, 4.69) is 24.5 Å². The van der Waals surface area contributed by atoms with E-state index in [0.717, 1.165) is 11.3 Å². The van der Waals surface area contributed by atoms with Gasteiger partial charge in [0.25, 0.3) is 5.91 Å². The second kappa shape index (κ2) is 6.86. The van der Waals surface area contributed by atoms with Crippen LogP contribution in [-0.2, 0) is 9.59 Å². The van der Waals surface area contributed by atoms with Gasteiger partial charge in [-0.15, -0.1) is 0 Å². The third kappa shape index (κ3) is 3.58. The van der Waals surface area contributed by atoms with Gasteiger partial charge >= 0.3 is 6.03 Å². The molecule has 0 aliphatic carbocycles. The van der Waals surface area contributed by atoms with Gasteiger partial charge < -0.3 is 20.1 Å². The highest BCUT2D eigenvalue weighted by atomic mass is 16.7. The molecular formula is C18H23N3O5. The summed E-state index contributed by atoms with van der Waals surface area (Å²) < 4.78 is 10.5. The largest absolute Gasteiger partial charge is 0.454 e. The Labute approximate surface area is 151 Å². The van der Waals surface area contributed by atoms with E-state index < -0.39 is 17.5 Å². The van der Waals surface area contributed by atoms with Crippen LogP contribution in [0.15, 0.2) is 18.2 Å². The molecule has 1 aromatic carbocycles. The Morgan fingerprint density at radius 1 is 1.31 bits per heavy atom. The molecule has 140 valence electrons. The van der Waals surface area contributed by atoms with Crippen LogP contribution in [0.4, 0.5) is 10.5 Å². The highest BCUT2D eigenvalue weighted by Crippen LogP contribution is 2.34. The number of hydrogen-bond donors (Lipinski definition) is 2. The average molecular weight is 361 g/mol. The number of imide groups is 1. The van der Waals surface area contributed by atoms with Crippen LogP contribution in [0, 0.1) is 5.92 Å². The van der Waals surface area contributed by atoms with Gasteiger partial charge in [-0.1, -0.05) is 13.8 Å². The van der Waals surface area contributed by atoms with Gasteiger partial charge in [0.2, 0.25) is 12.7 Å². The number of nitrogens with one attached hydrogen (secondary N) is 2. The average Bonchev–Trinajstić information content (AvgIpc) is 3.11. The molecule has 0 saturated carbocycles. The summed E-state index contributed by atoms with van der Waals surface area (Å²) in [5, 5.41) is 5.38. The van der Waals surface area contributed by atoms with Crippen molar-refractivity contribution >= 4 is 23.5 Å². The van der Waals surface area contributed by atoms with Crippen molar-refractivity contribution < 1.29 is 23.9 Å². The van der Waals surface area contributed by atoms with E-state index in [9.17, 15) is 14.4 Å². The molecule has 0 spiro atoms. The standard InChI is InChI=1S/C18H23N3O5/c1-11(2)6-7-18(3)16(23)21(17(24)20-18)9-15(22)19-12-4-5-13-14(8-12)26-10-25-13/h4-5,8,11H,6-7,9-10H2,1-3H3,(H,19,22)(H,20,24)/t18-/m0/s1. The van der Waals surface area contributed by atoms with Crippen molar-refractivity contribution in [2.24, 2.45) is 5.92 Å². The summed E-state index contributed by atoms with van der Waals surface area (Å²) in [5.74, 6) is 0.737. The topological polar surface area (TPSA) is 97.0 Å².